The number of rotatable bonds is 1. The van der Waals surface area contributed by atoms with Crippen LogP contribution in [0.5, 0.6) is 0 Å². The van der Waals surface area contributed by atoms with E-state index in [0.29, 0.717) is 18.5 Å². The maximum absolute atomic E-state index is 13.2. The number of hydrogen-bond donors (Lipinski definition) is 4. The number of anilines is 1. The smallest absolute Gasteiger partial charge is 0.414 e. The highest BCUT2D eigenvalue weighted by atomic mass is 16.6. The molecule has 0 atom stereocenters. The molecule has 1 fully saturated rings. The van der Waals surface area contributed by atoms with E-state index in [1.807, 2.05) is 30.3 Å². The number of nitrogens with one attached hydrogen (secondary N) is 2. The summed E-state index contributed by atoms with van der Waals surface area (Å²) in [6.45, 7) is 6.81. The van der Waals surface area contributed by atoms with E-state index in [9.17, 15) is 9.59 Å². The van der Waals surface area contributed by atoms with Crippen molar-refractivity contribution in [2.24, 2.45) is 4.99 Å². The van der Waals surface area contributed by atoms with Gasteiger partial charge in [0.15, 0.2) is 0 Å². The van der Waals surface area contributed by atoms with Gasteiger partial charge in [-0.05, 0) is 58.8 Å². The molecule has 0 saturated carbocycles. The first kappa shape index (κ1) is 23.8. The van der Waals surface area contributed by atoms with Crippen molar-refractivity contribution in [3.8, 4) is 0 Å². The zero-order valence-corrected chi connectivity index (χ0v) is 17.5. The number of carboxylic acid groups (broad SMARTS) is 2. The number of carboxylic acids is 2. The number of ether oxygens (including phenoxy) is 1. The number of carbonyl (C=O) groups excluding carboxylic acids is 2. The number of aliphatic imine (C=N–C) groups is 1. The second kappa shape index (κ2) is 9.56. The number of aliphatic carboxylic acids is 2. The van der Waals surface area contributed by atoms with Crippen LogP contribution in [0.3, 0.4) is 0 Å². The van der Waals surface area contributed by atoms with Crippen molar-refractivity contribution in [3.05, 3.63) is 30.3 Å². The summed E-state index contributed by atoms with van der Waals surface area (Å²) in [5.74, 6) is -3.52. The molecular formula is C20H26N4O7. The first-order valence-corrected chi connectivity index (χ1v) is 9.61. The van der Waals surface area contributed by atoms with Crippen molar-refractivity contribution >= 4 is 35.6 Å². The number of nitrogens with zero attached hydrogens (tertiary/aromatic N) is 2. The van der Waals surface area contributed by atoms with Gasteiger partial charge in [0.25, 0.3) is 5.91 Å². The molecule has 2 amide bonds. The molecule has 0 aliphatic carbocycles. The summed E-state index contributed by atoms with van der Waals surface area (Å²) in [5.41, 5.74) is -0.763. The number of alkyl carbamates (subject to hydrolysis) is 1. The minimum Gasteiger partial charge on any atom is -0.473 e. The van der Waals surface area contributed by atoms with Gasteiger partial charge in [-0.2, -0.15) is 0 Å². The number of benzene rings is 1. The Hall–Kier alpha value is -3.47. The van der Waals surface area contributed by atoms with Crippen LogP contribution >= 0.6 is 0 Å². The van der Waals surface area contributed by atoms with E-state index in [-0.39, 0.29) is 11.9 Å². The van der Waals surface area contributed by atoms with Crippen LogP contribution in [0.1, 0.15) is 33.6 Å². The third-order valence-electron chi connectivity index (χ3n) is 4.37. The summed E-state index contributed by atoms with van der Waals surface area (Å²) in [7, 11) is 0. The summed E-state index contributed by atoms with van der Waals surface area (Å²) >= 11 is 0. The average molecular weight is 434 g/mol. The fourth-order valence-electron chi connectivity index (χ4n) is 3.07. The lowest BCUT2D eigenvalue weighted by atomic mass is 9.88. The van der Waals surface area contributed by atoms with Crippen LogP contribution in [0, 0.1) is 0 Å². The molecule has 0 radical (unpaired) electrons. The lowest BCUT2D eigenvalue weighted by Crippen LogP contribution is -2.50. The van der Waals surface area contributed by atoms with Crippen molar-refractivity contribution < 1.29 is 34.1 Å². The fourth-order valence-corrected chi connectivity index (χ4v) is 3.07. The SMILES string of the molecule is CC(C)(C)OC(=O)NC1=NC2(CCNCC2)C(=O)N1c1ccccc1.O=C(O)C(=O)O. The Bertz CT molecular complexity index is 859. The number of carbonyl (C=O) groups is 4. The maximum atomic E-state index is 13.2. The number of hydrogen-bond acceptors (Lipinski definition) is 7. The first-order valence-electron chi connectivity index (χ1n) is 9.61. The average Bonchev–Trinajstić information content (AvgIpc) is 2.92. The minimum absolute atomic E-state index is 0.105. The molecule has 168 valence electrons. The van der Waals surface area contributed by atoms with E-state index in [2.05, 4.69) is 15.6 Å². The van der Waals surface area contributed by atoms with Crippen molar-refractivity contribution in [3.63, 3.8) is 0 Å². The predicted molar refractivity (Wildman–Crippen MR) is 111 cm³/mol. The lowest BCUT2D eigenvalue weighted by Gasteiger charge is -2.30. The van der Waals surface area contributed by atoms with E-state index >= 15 is 0 Å². The Balaban J connectivity index is 0.000000501. The normalized spacial score (nSPS) is 17.3. The molecule has 11 heteroatoms. The van der Waals surface area contributed by atoms with Gasteiger partial charge in [0.2, 0.25) is 5.96 Å². The van der Waals surface area contributed by atoms with E-state index in [0.717, 1.165) is 13.1 Å². The molecule has 1 aromatic carbocycles. The molecule has 11 nitrogen and oxygen atoms in total. The third kappa shape index (κ3) is 6.25. The monoisotopic (exact) mass is 434 g/mol. The Morgan fingerprint density at radius 3 is 2.13 bits per heavy atom. The molecule has 1 aromatic rings. The Kier molecular flexibility index (Phi) is 7.34. The van der Waals surface area contributed by atoms with Crippen LogP contribution in [0.4, 0.5) is 10.5 Å². The molecule has 2 heterocycles. The van der Waals surface area contributed by atoms with Crippen LogP contribution in [-0.4, -0.2) is 64.3 Å². The van der Waals surface area contributed by atoms with Gasteiger partial charge < -0.3 is 20.3 Å². The van der Waals surface area contributed by atoms with E-state index < -0.39 is 29.2 Å². The van der Waals surface area contributed by atoms with Crippen LogP contribution in [-0.2, 0) is 19.1 Å². The topological polar surface area (TPSA) is 158 Å². The van der Waals surface area contributed by atoms with Gasteiger partial charge in [0.05, 0.1) is 5.69 Å². The Labute approximate surface area is 179 Å². The molecule has 1 saturated heterocycles. The molecule has 3 rings (SSSR count). The van der Waals surface area contributed by atoms with Crippen LogP contribution in [0.2, 0.25) is 0 Å². The minimum atomic E-state index is -1.82. The maximum Gasteiger partial charge on any atom is 0.414 e. The molecule has 4 N–H and O–H groups in total. The van der Waals surface area contributed by atoms with Gasteiger partial charge in [0, 0.05) is 0 Å². The number of amides is 2. The van der Waals surface area contributed by atoms with Gasteiger partial charge in [-0.3, -0.25) is 10.1 Å². The number of guanidine groups is 1. The van der Waals surface area contributed by atoms with Gasteiger partial charge in [-0.25, -0.2) is 24.3 Å². The summed E-state index contributed by atoms with van der Waals surface area (Å²) in [4.78, 5) is 49.7. The van der Waals surface area contributed by atoms with Crippen molar-refractivity contribution in [2.45, 2.75) is 44.8 Å². The molecule has 0 unspecified atom stereocenters. The van der Waals surface area contributed by atoms with Gasteiger partial charge >= 0.3 is 18.0 Å². The standard InChI is InChI=1S/C18H24N4O3.C2H2O4/c1-17(2,3)25-16(24)20-15-21-18(9-11-19-12-10-18)14(23)22(15)13-7-5-4-6-8-13;3-1(4)2(5)6/h4-8,19H,9-12H2,1-3H3,(H,20,21,24);(H,3,4)(H,5,6). The van der Waals surface area contributed by atoms with E-state index in [1.54, 1.807) is 20.8 Å². The van der Waals surface area contributed by atoms with Crippen molar-refractivity contribution in [2.75, 3.05) is 18.0 Å². The molecule has 2 aliphatic rings. The van der Waals surface area contributed by atoms with Crippen LogP contribution in [0.15, 0.2) is 35.3 Å². The molecule has 1 spiro atoms. The molecular weight excluding hydrogens is 408 g/mol. The van der Waals surface area contributed by atoms with Gasteiger partial charge in [-0.1, -0.05) is 18.2 Å². The Morgan fingerprint density at radius 1 is 1.10 bits per heavy atom. The highest BCUT2D eigenvalue weighted by Crippen LogP contribution is 2.33. The fraction of sp³-hybridized carbons (Fsp3) is 0.450. The highest BCUT2D eigenvalue weighted by molar-refractivity contribution is 6.27. The van der Waals surface area contributed by atoms with Gasteiger partial charge in [-0.15, -0.1) is 0 Å². The second-order valence-electron chi connectivity index (χ2n) is 7.93. The molecule has 2 aliphatic heterocycles. The quantitative estimate of drug-likeness (QED) is 0.480. The van der Waals surface area contributed by atoms with Crippen LogP contribution < -0.4 is 15.5 Å². The largest absolute Gasteiger partial charge is 0.473 e. The zero-order valence-electron chi connectivity index (χ0n) is 17.5. The lowest BCUT2D eigenvalue weighted by molar-refractivity contribution is -0.159. The zero-order chi connectivity index (χ0) is 23.2. The Morgan fingerprint density at radius 2 is 1.65 bits per heavy atom. The predicted octanol–water partition coefficient (Wildman–Crippen LogP) is 1.19. The summed E-state index contributed by atoms with van der Waals surface area (Å²) in [5, 5.41) is 20.7. The third-order valence-corrected chi connectivity index (χ3v) is 4.37. The summed E-state index contributed by atoms with van der Waals surface area (Å²) in [6.07, 6.45) is 0.592. The second-order valence-corrected chi connectivity index (χ2v) is 7.93. The molecule has 0 bridgehead atoms. The molecule has 0 aromatic heterocycles. The summed E-state index contributed by atoms with van der Waals surface area (Å²) in [6, 6.07) is 9.22. The number of piperidine rings is 1. The highest BCUT2D eigenvalue weighted by Gasteiger charge is 2.49. The van der Waals surface area contributed by atoms with E-state index in [4.69, 9.17) is 24.5 Å². The van der Waals surface area contributed by atoms with E-state index in [1.165, 1.54) is 4.90 Å². The first-order chi connectivity index (χ1) is 14.4. The van der Waals surface area contributed by atoms with Crippen molar-refractivity contribution in [1.29, 1.82) is 0 Å². The van der Waals surface area contributed by atoms with Crippen molar-refractivity contribution in [1.82, 2.24) is 10.6 Å². The molecule has 31 heavy (non-hydrogen) atoms. The number of para-hydroxylation sites is 1. The summed E-state index contributed by atoms with van der Waals surface area (Å²) < 4.78 is 5.31. The van der Waals surface area contributed by atoms with Gasteiger partial charge in [0.1, 0.15) is 11.1 Å². The van der Waals surface area contributed by atoms with Crippen LogP contribution in [0.25, 0.3) is 0 Å².